The van der Waals surface area contributed by atoms with Crippen LogP contribution < -0.4 is 10.9 Å². The van der Waals surface area contributed by atoms with Gasteiger partial charge in [-0.05, 0) is 46.8 Å². The van der Waals surface area contributed by atoms with Gasteiger partial charge in [-0.25, -0.2) is 4.98 Å². The van der Waals surface area contributed by atoms with Gasteiger partial charge in [-0.15, -0.1) is 4.80 Å². The molecule has 180 valence electrons. The van der Waals surface area contributed by atoms with Gasteiger partial charge < -0.3 is 10.3 Å². The van der Waals surface area contributed by atoms with E-state index >= 15 is 0 Å². The maximum absolute atomic E-state index is 13.6. The van der Waals surface area contributed by atoms with Crippen molar-refractivity contribution in [3.8, 4) is 16.9 Å². The number of carbonyl (C=O) groups excluding carboxylic acids is 1. The highest BCUT2D eigenvalue weighted by molar-refractivity contribution is 6.34. The van der Waals surface area contributed by atoms with Crippen LogP contribution in [0.25, 0.3) is 27.7 Å². The molecule has 8 nitrogen and oxygen atoms in total. The van der Waals surface area contributed by atoms with Gasteiger partial charge in [-0.3, -0.25) is 9.59 Å². The molecule has 0 bridgehead atoms. The molecule has 3 heterocycles. The Kier molecular flexibility index (Phi) is 5.77. The molecule has 2 N–H and O–H groups in total. The van der Waals surface area contributed by atoms with Gasteiger partial charge >= 0.3 is 6.18 Å². The number of hydrogen-bond donors (Lipinski definition) is 2. The predicted octanol–water partition coefficient (Wildman–Crippen LogP) is 5.10. The lowest BCUT2D eigenvalue weighted by Crippen LogP contribution is -2.17. The van der Waals surface area contributed by atoms with Crippen molar-refractivity contribution in [1.82, 2.24) is 25.0 Å². The van der Waals surface area contributed by atoms with Crippen molar-refractivity contribution in [1.29, 1.82) is 0 Å². The van der Waals surface area contributed by atoms with E-state index < -0.39 is 23.5 Å². The molecule has 36 heavy (non-hydrogen) atoms. The SMILES string of the molecule is O=C(Nc1cnc(-n2nccn2)c(C(F)(F)F)c1)c1ccc(-c2cccc3c(=O)[nH]ccc23)cc1Cl. The van der Waals surface area contributed by atoms with Crippen molar-refractivity contribution < 1.29 is 18.0 Å². The molecule has 0 aliphatic heterocycles. The molecule has 1 amide bonds. The number of fused-ring (bicyclic) bond motifs is 1. The molecule has 12 heteroatoms. The number of nitrogens with zero attached hydrogens (tertiary/aromatic N) is 4. The number of benzene rings is 2. The molecular formula is C24H14ClF3N6O2. The third kappa shape index (κ3) is 4.31. The van der Waals surface area contributed by atoms with Gasteiger partial charge in [0.25, 0.3) is 11.5 Å². The highest BCUT2D eigenvalue weighted by Crippen LogP contribution is 2.35. The summed E-state index contributed by atoms with van der Waals surface area (Å²) in [5.74, 6) is -1.25. The van der Waals surface area contributed by atoms with Crippen LogP contribution in [0.3, 0.4) is 0 Å². The Labute approximate surface area is 205 Å². The van der Waals surface area contributed by atoms with Gasteiger partial charge in [0.2, 0.25) is 0 Å². The van der Waals surface area contributed by atoms with Gasteiger partial charge in [-0.2, -0.15) is 23.4 Å². The molecule has 0 aliphatic carbocycles. The van der Waals surface area contributed by atoms with Crippen molar-refractivity contribution >= 4 is 34.0 Å². The van der Waals surface area contributed by atoms with Crippen LogP contribution in [0.4, 0.5) is 18.9 Å². The Morgan fingerprint density at radius 1 is 1.03 bits per heavy atom. The second-order valence-corrected chi connectivity index (χ2v) is 8.04. The van der Waals surface area contributed by atoms with Crippen LogP contribution in [0.5, 0.6) is 0 Å². The Bertz CT molecular complexity index is 1670. The minimum Gasteiger partial charge on any atom is -0.329 e. The fourth-order valence-corrected chi connectivity index (χ4v) is 4.02. The first-order valence-corrected chi connectivity index (χ1v) is 10.8. The summed E-state index contributed by atoms with van der Waals surface area (Å²) < 4.78 is 40.9. The monoisotopic (exact) mass is 510 g/mol. The number of aromatic nitrogens is 5. The minimum absolute atomic E-state index is 0.0462. The van der Waals surface area contributed by atoms with Crippen molar-refractivity contribution in [3.63, 3.8) is 0 Å². The lowest BCUT2D eigenvalue weighted by molar-refractivity contribution is -0.137. The number of amides is 1. The number of nitrogens with one attached hydrogen (secondary N) is 2. The molecule has 0 unspecified atom stereocenters. The van der Waals surface area contributed by atoms with Crippen LogP contribution in [0.15, 0.2) is 78.1 Å². The Balaban J connectivity index is 1.46. The number of aromatic amines is 1. The summed E-state index contributed by atoms with van der Waals surface area (Å²) in [6, 6.07) is 12.4. The number of alkyl halides is 3. The summed E-state index contributed by atoms with van der Waals surface area (Å²) in [6.45, 7) is 0. The van der Waals surface area contributed by atoms with Gasteiger partial charge in [-0.1, -0.05) is 29.8 Å². The fraction of sp³-hybridized carbons (Fsp3) is 0.0417. The van der Waals surface area contributed by atoms with E-state index in [1.807, 2.05) is 6.07 Å². The summed E-state index contributed by atoms with van der Waals surface area (Å²) in [6.07, 6.45) is 0.283. The summed E-state index contributed by atoms with van der Waals surface area (Å²) in [5, 5.41) is 11.0. The average molecular weight is 511 g/mol. The van der Waals surface area contributed by atoms with Crippen LogP contribution in [0.1, 0.15) is 15.9 Å². The zero-order valence-corrected chi connectivity index (χ0v) is 18.8. The van der Waals surface area contributed by atoms with Crippen LogP contribution in [0, 0.1) is 0 Å². The minimum atomic E-state index is -4.77. The molecule has 0 fully saturated rings. The second-order valence-electron chi connectivity index (χ2n) is 7.63. The first-order valence-electron chi connectivity index (χ1n) is 10.4. The van der Waals surface area contributed by atoms with Crippen LogP contribution >= 0.6 is 11.6 Å². The maximum Gasteiger partial charge on any atom is 0.420 e. The highest BCUT2D eigenvalue weighted by atomic mass is 35.5. The Morgan fingerprint density at radius 2 is 1.81 bits per heavy atom. The molecule has 2 aromatic carbocycles. The van der Waals surface area contributed by atoms with Crippen molar-refractivity contribution in [2.24, 2.45) is 0 Å². The maximum atomic E-state index is 13.6. The molecule has 5 rings (SSSR count). The summed E-state index contributed by atoms with van der Waals surface area (Å²) >= 11 is 6.38. The van der Waals surface area contributed by atoms with Gasteiger partial charge in [0, 0.05) is 11.6 Å². The number of halogens is 4. The van der Waals surface area contributed by atoms with E-state index in [9.17, 15) is 22.8 Å². The van der Waals surface area contributed by atoms with Gasteiger partial charge in [0.05, 0.1) is 34.9 Å². The van der Waals surface area contributed by atoms with E-state index in [4.69, 9.17) is 11.6 Å². The number of hydrogen-bond acceptors (Lipinski definition) is 5. The van der Waals surface area contributed by atoms with Gasteiger partial charge in [0.1, 0.15) is 5.56 Å². The van der Waals surface area contributed by atoms with Crippen molar-refractivity contribution in [2.45, 2.75) is 6.18 Å². The molecule has 0 spiro atoms. The van der Waals surface area contributed by atoms with E-state index in [0.717, 1.165) is 22.6 Å². The number of H-pyrrole nitrogens is 1. The van der Waals surface area contributed by atoms with Crippen molar-refractivity contribution in [3.05, 3.63) is 99.8 Å². The number of anilines is 1. The Morgan fingerprint density at radius 3 is 2.53 bits per heavy atom. The van der Waals surface area contributed by atoms with E-state index in [2.05, 4.69) is 25.5 Å². The predicted molar refractivity (Wildman–Crippen MR) is 127 cm³/mol. The zero-order chi connectivity index (χ0) is 25.4. The molecular weight excluding hydrogens is 497 g/mol. The molecule has 5 aromatic rings. The van der Waals surface area contributed by atoms with Crippen LogP contribution in [-0.4, -0.2) is 30.9 Å². The quantitative estimate of drug-likeness (QED) is 0.350. The van der Waals surface area contributed by atoms with Gasteiger partial charge in [0.15, 0.2) is 5.82 Å². The number of pyridine rings is 2. The first kappa shape index (κ1) is 23.2. The zero-order valence-electron chi connectivity index (χ0n) is 18.0. The first-order chi connectivity index (χ1) is 17.2. The average Bonchev–Trinajstić information content (AvgIpc) is 3.38. The second kappa shape index (κ2) is 8.93. The molecule has 0 saturated carbocycles. The lowest BCUT2D eigenvalue weighted by atomic mass is 9.98. The third-order valence-corrected chi connectivity index (χ3v) is 5.69. The van der Waals surface area contributed by atoms with E-state index in [-0.39, 0.29) is 21.8 Å². The molecule has 3 aromatic heterocycles. The third-order valence-electron chi connectivity index (χ3n) is 5.38. The lowest BCUT2D eigenvalue weighted by Gasteiger charge is -2.14. The molecule has 0 aliphatic rings. The number of carbonyl (C=O) groups is 1. The van der Waals surface area contributed by atoms with Crippen LogP contribution in [0.2, 0.25) is 5.02 Å². The van der Waals surface area contributed by atoms with Crippen LogP contribution in [-0.2, 0) is 6.18 Å². The molecule has 0 atom stereocenters. The topological polar surface area (TPSA) is 106 Å². The number of rotatable bonds is 4. The summed E-state index contributed by atoms with van der Waals surface area (Å²) in [5.41, 5.74) is -0.109. The standard InChI is InChI=1S/C24H14ClF3N6O2/c25-20-10-13(15-2-1-3-17-16(15)6-7-29-22(17)35)4-5-18(20)23(36)33-14-11-19(24(26,27)28)21(30-12-14)34-31-8-9-32-34/h1-12H,(H,29,35)(H,33,36). The van der Waals surface area contributed by atoms with E-state index in [0.29, 0.717) is 16.3 Å². The molecule has 0 saturated heterocycles. The van der Waals surface area contributed by atoms with Crippen molar-refractivity contribution in [2.75, 3.05) is 5.32 Å². The smallest absolute Gasteiger partial charge is 0.329 e. The Hall–Kier alpha value is -4.51. The largest absolute Gasteiger partial charge is 0.420 e. The normalized spacial score (nSPS) is 11.6. The van der Waals surface area contributed by atoms with E-state index in [1.54, 1.807) is 30.3 Å². The summed E-state index contributed by atoms with van der Waals surface area (Å²) in [4.78, 5) is 32.1. The van der Waals surface area contributed by atoms with E-state index in [1.165, 1.54) is 24.7 Å². The summed E-state index contributed by atoms with van der Waals surface area (Å²) in [7, 11) is 0. The highest BCUT2D eigenvalue weighted by Gasteiger charge is 2.36. The fourth-order valence-electron chi connectivity index (χ4n) is 3.76. The molecule has 0 radical (unpaired) electrons.